The first kappa shape index (κ1) is 18.0. The van der Waals surface area contributed by atoms with Crippen molar-refractivity contribution in [3.8, 4) is 45.0 Å². The van der Waals surface area contributed by atoms with Gasteiger partial charge in [-0.15, -0.1) is 0 Å². The Labute approximate surface area is 175 Å². The van der Waals surface area contributed by atoms with Crippen LogP contribution in [-0.4, -0.2) is 15.0 Å². The molecule has 30 heavy (non-hydrogen) atoms. The number of benzene rings is 4. The zero-order valence-electron chi connectivity index (χ0n) is 16.3. The fourth-order valence-electron chi connectivity index (χ4n) is 3.46. The molecule has 0 unspecified atom stereocenters. The average Bonchev–Trinajstić information content (AvgIpc) is 2.85. The largest absolute Gasteiger partial charge is 0.217 e. The zero-order chi connectivity index (χ0) is 20.2. The Morgan fingerprint density at radius 3 is 1.07 bits per heavy atom. The quantitative estimate of drug-likeness (QED) is 0.352. The molecular formula is C27H19N3. The lowest BCUT2D eigenvalue weighted by Crippen LogP contribution is -1.95. The van der Waals surface area contributed by atoms with Gasteiger partial charge in [-0.05, 0) is 22.3 Å². The molecule has 0 spiro atoms. The highest BCUT2D eigenvalue weighted by atomic mass is 15.0. The summed E-state index contributed by atoms with van der Waals surface area (Å²) in [5, 5.41) is 0. The van der Waals surface area contributed by atoms with Crippen molar-refractivity contribution in [2.75, 3.05) is 0 Å². The molecule has 0 atom stereocenters. The van der Waals surface area contributed by atoms with Crippen molar-refractivity contribution in [3.05, 3.63) is 116 Å². The summed E-state index contributed by atoms with van der Waals surface area (Å²) in [4.78, 5) is 13.5. The van der Waals surface area contributed by atoms with E-state index < -0.39 is 0 Å². The summed E-state index contributed by atoms with van der Waals surface area (Å²) in [7, 11) is 0. The monoisotopic (exact) mass is 385 g/mol. The molecule has 0 fully saturated rings. The lowest BCUT2D eigenvalue weighted by molar-refractivity contribution is 1.07. The van der Waals surface area contributed by atoms with Crippen LogP contribution in [0.5, 0.6) is 0 Å². The van der Waals surface area contributed by atoms with Gasteiger partial charge in [0, 0.05) is 11.1 Å². The van der Waals surface area contributed by atoms with Crippen molar-refractivity contribution < 1.29 is 0 Å². The van der Waals surface area contributed by atoms with Crippen molar-refractivity contribution >= 4 is 0 Å². The van der Waals surface area contributed by atoms with E-state index in [1.807, 2.05) is 36.4 Å². The van der Waals surface area contributed by atoms with Gasteiger partial charge in [-0.3, -0.25) is 0 Å². The van der Waals surface area contributed by atoms with Crippen molar-refractivity contribution in [3.63, 3.8) is 0 Å². The van der Waals surface area contributed by atoms with Crippen LogP contribution in [0.1, 0.15) is 0 Å². The van der Waals surface area contributed by atoms with Crippen LogP contribution in [0.15, 0.2) is 116 Å². The smallest absolute Gasteiger partial charge is 0.163 e. The van der Waals surface area contributed by atoms with Gasteiger partial charge in [0.1, 0.15) is 6.33 Å². The summed E-state index contributed by atoms with van der Waals surface area (Å²) in [5.41, 5.74) is 6.67. The zero-order valence-corrected chi connectivity index (χ0v) is 16.3. The lowest BCUT2D eigenvalue weighted by atomic mass is 10.0. The number of nitrogens with zero attached hydrogens (tertiary/aromatic N) is 3. The van der Waals surface area contributed by atoms with E-state index in [2.05, 4.69) is 82.8 Å². The molecule has 0 aliphatic rings. The minimum Gasteiger partial charge on any atom is -0.217 e. The Morgan fingerprint density at radius 1 is 0.333 bits per heavy atom. The summed E-state index contributed by atoms with van der Waals surface area (Å²) in [6.07, 6.45) is 1.58. The fraction of sp³-hybridized carbons (Fsp3) is 0. The highest BCUT2D eigenvalue weighted by Crippen LogP contribution is 2.25. The van der Waals surface area contributed by atoms with Gasteiger partial charge in [0.05, 0.1) is 0 Å². The second-order valence-corrected chi connectivity index (χ2v) is 7.02. The third kappa shape index (κ3) is 3.74. The van der Waals surface area contributed by atoms with Crippen LogP contribution in [0.25, 0.3) is 45.0 Å². The molecule has 1 aromatic heterocycles. The lowest BCUT2D eigenvalue weighted by Gasteiger charge is -2.06. The summed E-state index contributed by atoms with van der Waals surface area (Å²) in [6.45, 7) is 0. The fourth-order valence-corrected chi connectivity index (χ4v) is 3.46. The molecule has 0 bridgehead atoms. The van der Waals surface area contributed by atoms with Gasteiger partial charge in [0.25, 0.3) is 0 Å². The first-order valence-electron chi connectivity index (χ1n) is 9.87. The molecule has 0 saturated carbocycles. The van der Waals surface area contributed by atoms with E-state index in [0.29, 0.717) is 11.6 Å². The number of hydrogen-bond donors (Lipinski definition) is 0. The average molecular weight is 385 g/mol. The van der Waals surface area contributed by atoms with E-state index in [1.54, 1.807) is 6.33 Å². The van der Waals surface area contributed by atoms with Gasteiger partial charge in [-0.1, -0.05) is 109 Å². The standard InChI is InChI=1S/C27H19N3/c1-3-7-20(8-4-1)22-11-15-24(16-12-22)26-28-19-29-27(30-26)25-17-13-23(14-18-25)21-9-5-2-6-10-21/h1-19H. The predicted molar refractivity (Wildman–Crippen MR) is 122 cm³/mol. The second kappa shape index (κ2) is 8.10. The van der Waals surface area contributed by atoms with Crippen LogP contribution < -0.4 is 0 Å². The Kier molecular flexibility index (Phi) is 4.84. The van der Waals surface area contributed by atoms with E-state index in [0.717, 1.165) is 11.1 Å². The molecule has 0 aliphatic carbocycles. The number of aromatic nitrogens is 3. The van der Waals surface area contributed by atoms with E-state index in [4.69, 9.17) is 4.98 Å². The van der Waals surface area contributed by atoms with Gasteiger partial charge in [-0.2, -0.15) is 0 Å². The number of rotatable bonds is 4. The number of hydrogen-bond acceptors (Lipinski definition) is 3. The topological polar surface area (TPSA) is 38.7 Å². The Hall–Kier alpha value is -4.11. The van der Waals surface area contributed by atoms with E-state index in [-0.39, 0.29) is 0 Å². The molecular weight excluding hydrogens is 366 g/mol. The summed E-state index contributed by atoms with van der Waals surface area (Å²) in [5.74, 6) is 1.35. The molecule has 0 N–H and O–H groups in total. The van der Waals surface area contributed by atoms with Gasteiger partial charge < -0.3 is 0 Å². The summed E-state index contributed by atoms with van der Waals surface area (Å²) < 4.78 is 0. The molecule has 0 saturated heterocycles. The van der Waals surface area contributed by atoms with Gasteiger partial charge in [-0.25, -0.2) is 15.0 Å². The van der Waals surface area contributed by atoms with E-state index in [1.165, 1.54) is 22.3 Å². The molecule has 3 heteroatoms. The molecule has 0 aliphatic heterocycles. The Morgan fingerprint density at radius 2 is 0.667 bits per heavy atom. The van der Waals surface area contributed by atoms with Crippen LogP contribution in [0, 0.1) is 0 Å². The molecule has 4 aromatic carbocycles. The van der Waals surface area contributed by atoms with Crippen LogP contribution in [-0.2, 0) is 0 Å². The van der Waals surface area contributed by atoms with Crippen LogP contribution >= 0.6 is 0 Å². The highest BCUT2D eigenvalue weighted by molar-refractivity contribution is 5.70. The van der Waals surface area contributed by atoms with Crippen LogP contribution in [0.3, 0.4) is 0 Å². The third-order valence-corrected chi connectivity index (χ3v) is 5.07. The second-order valence-electron chi connectivity index (χ2n) is 7.02. The highest BCUT2D eigenvalue weighted by Gasteiger charge is 2.07. The van der Waals surface area contributed by atoms with Crippen LogP contribution in [0.2, 0.25) is 0 Å². The van der Waals surface area contributed by atoms with Gasteiger partial charge in [0.15, 0.2) is 11.6 Å². The minimum absolute atomic E-state index is 0.673. The Bertz CT molecular complexity index is 1150. The van der Waals surface area contributed by atoms with Crippen molar-refractivity contribution in [1.82, 2.24) is 15.0 Å². The van der Waals surface area contributed by atoms with E-state index in [9.17, 15) is 0 Å². The van der Waals surface area contributed by atoms with Crippen molar-refractivity contribution in [2.24, 2.45) is 0 Å². The molecule has 0 radical (unpaired) electrons. The predicted octanol–water partition coefficient (Wildman–Crippen LogP) is 6.54. The molecule has 142 valence electrons. The first-order valence-corrected chi connectivity index (χ1v) is 9.87. The third-order valence-electron chi connectivity index (χ3n) is 5.07. The maximum absolute atomic E-state index is 4.70. The van der Waals surface area contributed by atoms with Crippen LogP contribution in [0.4, 0.5) is 0 Å². The molecule has 5 aromatic rings. The maximum atomic E-state index is 4.70. The normalized spacial score (nSPS) is 10.7. The summed E-state index contributed by atoms with van der Waals surface area (Å²) >= 11 is 0. The Balaban J connectivity index is 1.42. The molecule has 0 amide bonds. The molecule has 3 nitrogen and oxygen atoms in total. The SMILES string of the molecule is c1ccc(-c2ccc(-c3ncnc(-c4ccc(-c5ccccc5)cc4)n3)cc2)cc1. The van der Waals surface area contributed by atoms with E-state index >= 15 is 0 Å². The van der Waals surface area contributed by atoms with Gasteiger partial charge >= 0.3 is 0 Å². The van der Waals surface area contributed by atoms with Crippen molar-refractivity contribution in [2.45, 2.75) is 0 Å². The summed E-state index contributed by atoms with van der Waals surface area (Å²) in [6, 6.07) is 37.3. The minimum atomic E-state index is 0.673. The van der Waals surface area contributed by atoms with Crippen molar-refractivity contribution in [1.29, 1.82) is 0 Å². The molecule has 1 heterocycles. The molecule has 5 rings (SSSR count). The van der Waals surface area contributed by atoms with Gasteiger partial charge in [0.2, 0.25) is 0 Å². The first-order chi connectivity index (χ1) is 14.9. The maximum Gasteiger partial charge on any atom is 0.163 e.